The number of benzene rings is 3. The fraction of sp³-hybridized carbons (Fsp3) is 0. The van der Waals surface area contributed by atoms with Crippen molar-refractivity contribution in [3.8, 4) is 22.9 Å². The smallest absolute Gasteiger partial charge is 0.258 e. The minimum Gasteiger partial charge on any atom is -0.457 e. The molecule has 1 heterocycles. The second-order valence-corrected chi connectivity index (χ2v) is 6.20. The SMILES string of the molecule is O=C(Nc1ccc(Oc2ccccc2)cc1)c1cnc(-c2cccc(F)c2)nc1. The molecule has 6 heteroatoms. The highest BCUT2D eigenvalue weighted by atomic mass is 19.1. The Morgan fingerprint density at radius 2 is 1.52 bits per heavy atom. The maximum Gasteiger partial charge on any atom is 0.258 e. The zero-order valence-electron chi connectivity index (χ0n) is 15.2. The van der Waals surface area contributed by atoms with Crippen LogP contribution in [0.3, 0.4) is 0 Å². The molecule has 0 spiro atoms. The van der Waals surface area contributed by atoms with E-state index in [-0.39, 0.29) is 11.7 Å². The Bertz CT molecular complexity index is 1110. The number of rotatable bonds is 5. The summed E-state index contributed by atoms with van der Waals surface area (Å²) >= 11 is 0. The van der Waals surface area contributed by atoms with E-state index in [1.165, 1.54) is 24.5 Å². The predicted molar refractivity (Wildman–Crippen MR) is 108 cm³/mol. The molecular weight excluding hydrogens is 369 g/mol. The van der Waals surface area contributed by atoms with Crippen LogP contribution in [-0.4, -0.2) is 15.9 Å². The van der Waals surface area contributed by atoms with Crippen molar-refractivity contribution >= 4 is 11.6 Å². The molecule has 0 radical (unpaired) electrons. The van der Waals surface area contributed by atoms with E-state index in [4.69, 9.17) is 4.74 Å². The second kappa shape index (κ2) is 8.31. The second-order valence-electron chi connectivity index (χ2n) is 6.20. The quantitative estimate of drug-likeness (QED) is 0.504. The van der Waals surface area contributed by atoms with Gasteiger partial charge in [-0.1, -0.05) is 30.3 Å². The number of anilines is 1. The largest absolute Gasteiger partial charge is 0.457 e. The van der Waals surface area contributed by atoms with Crippen LogP contribution in [0.2, 0.25) is 0 Å². The summed E-state index contributed by atoms with van der Waals surface area (Å²) in [5.41, 5.74) is 1.46. The van der Waals surface area contributed by atoms with Crippen molar-refractivity contribution in [1.82, 2.24) is 9.97 Å². The van der Waals surface area contributed by atoms with E-state index in [1.54, 1.807) is 36.4 Å². The lowest BCUT2D eigenvalue weighted by Crippen LogP contribution is -2.12. The average Bonchev–Trinajstić information content (AvgIpc) is 2.76. The van der Waals surface area contributed by atoms with Crippen molar-refractivity contribution in [3.05, 3.63) is 103 Å². The lowest BCUT2D eigenvalue weighted by Gasteiger charge is -2.08. The molecule has 4 rings (SSSR count). The van der Waals surface area contributed by atoms with E-state index < -0.39 is 0 Å². The summed E-state index contributed by atoms with van der Waals surface area (Å²) in [5, 5.41) is 2.78. The molecule has 0 aliphatic rings. The van der Waals surface area contributed by atoms with Gasteiger partial charge >= 0.3 is 0 Å². The molecule has 1 amide bonds. The van der Waals surface area contributed by atoms with Crippen LogP contribution in [0.15, 0.2) is 91.3 Å². The van der Waals surface area contributed by atoms with Crippen molar-refractivity contribution in [2.24, 2.45) is 0 Å². The summed E-state index contributed by atoms with van der Waals surface area (Å²) in [6.07, 6.45) is 2.82. The van der Waals surface area contributed by atoms with E-state index in [0.29, 0.717) is 28.4 Å². The molecule has 5 nitrogen and oxygen atoms in total. The van der Waals surface area contributed by atoms with Gasteiger partial charge in [0.2, 0.25) is 0 Å². The fourth-order valence-electron chi connectivity index (χ4n) is 2.66. The van der Waals surface area contributed by atoms with Gasteiger partial charge in [-0.05, 0) is 48.5 Å². The topological polar surface area (TPSA) is 64.1 Å². The molecular formula is C23H16FN3O2. The molecule has 0 atom stereocenters. The van der Waals surface area contributed by atoms with Gasteiger partial charge < -0.3 is 10.1 Å². The number of halogens is 1. The van der Waals surface area contributed by atoms with Crippen molar-refractivity contribution in [1.29, 1.82) is 0 Å². The highest BCUT2D eigenvalue weighted by Gasteiger charge is 2.09. The molecule has 0 unspecified atom stereocenters. The monoisotopic (exact) mass is 385 g/mol. The molecule has 142 valence electrons. The van der Waals surface area contributed by atoms with Crippen molar-refractivity contribution in [3.63, 3.8) is 0 Å². The number of amides is 1. The van der Waals surface area contributed by atoms with Gasteiger partial charge in [0.05, 0.1) is 5.56 Å². The standard InChI is InChI=1S/C23H16FN3O2/c24-18-6-4-5-16(13-18)22-25-14-17(15-26-22)23(28)27-19-9-11-21(12-10-19)29-20-7-2-1-3-8-20/h1-15H,(H,27,28). The number of nitrogens with zero attached hydrogens (tertiary/aromatic N) is 2. The third-order valence-corrected chi connectivity index (χ3v) is 4.09. The van der Waals surface area contributed by atoms with Crippen LogP contribution in [0.4, 0.5) is 10.1 Å². The summed E-state index contributed by atoms with van der Waals surface area (Å²) in [6, 6.07) is 22.4. The van der Waals surface area contributed by atoms with Gasteiger partial charge in [0, 0.05) is 23.6 Å². The number of nitrogens with one attached hydrogen (secondary N) is 1. The number of ether oxygens (including phenoxy) is 1. The number of carbonyl (C=O) groups excluding carboxylic acids is 1. The van der Waals surface area contributed by atoms with Crippen LogP contribution in [0.25, 0.3) is 11.4 Å². The predicted octanol–water partition coefficient (Wildman–Crippen LogP) is 5.33. The van der Waals surface area contributed by atoms with Crippen LogP contribution in [-0.2, 0) is 0 Å². The Morgan fingerprint density at radius 1 is 0.828 bits per heavy atom. The van der Waals surface area contributed by atoms with Crippen molar-refractivity contribution in [2.45, 2.75) is 0 Å². The van der Waals surface area contributed by atoms with E-state index in [2.05, 4.69) is 15.3 Å². The maximum absolute atomic E-state index is 13.3. The Morgan fingerprint density at radius 3 is 2.21 bits per heavy atom. The minimum atomic E-state index is -0.368. The summed E-state index contributed by atoms with van der Waals surface area (Å²) in [7, 11) is 0. The van der Waals surface area contributed by atoms with Crippen molar-refractivity contribution < 1.29 is 13.9 Å². The number of aromatic nitrogens is 2. The number of hydrogen-bond donors (Lipinski definition) is 1. The summed E-state index contributed by atoms with van der Waals surface area (Å²) in [6.45, 7) is 0. The number of carbonyl (C=O) groups is 1. The Hall–Kier alpha value is -4.06. The first-order valence-electron chi connectivity index (χ1n) is 8.90. The summed E-state index contributed by atoms with van der Waals surface area (Å²) in [4.78, 5) is 20.7. The molecule has 1 aromatic heterocycles. The zero-order chi connectivity index (χ0) is 20.1. The molecule has 0 saturated carbocycles. The molecule has 0 saturated heterocycles. The van der Waals surface area contributed by atoms with E-state index in [1.807, 2.05) is 30.3 Å². The van der Waals surface area contributed by atoms with Crippen LogP contribution < -0.4 is 10.1 Å². The highest BCUT2D eigenvalue weighted by molar-refractivity contribution is 6.03. The Kier molecular flexibility index (Phi) is 5.25. The van der Waals surface area contributed by atoms with Crippen LogP contribution in [0.5, 0.6) is 11.5 Å². The molecule has 29 heavy (non-hydrogen) atoms. The maximum atomic E-state index is 13.3. The highest BCUT2D eigenvalue weighted by Crippen LogP contribution is 2.23. The lowest BCUT2D eigenvalue weighted by atomic mass is 10.2. The Balaban J connectivity index is 1.41. The van der Waals surface area contributed by atoms with Gasteiger partial charge in [0.25, 0.3) is 5.91 Å². The van der Waals surface area contributed by atoms with Crippen LogP contribution in [0.1, 0.15) is 10.4 Å². The number of para-hydroxylation sites is 1. The molecule has 0 aliphatic heterocycles. The molecule has 0 fully saturated rings. The Labute approximate surface area is 166 Å². The minimum absolute atomic E-state index is 0.301. The van der Waals surface area contributed by atoms with Gasteiger partial charge in [0.15, 0.2) is 5.82 Å². The first-order valence-corrected chi connectivity index (χ1v) is 8.90. The number of hydrogen-bond acceptors (Lipinski definition) is 4. The molecule has 4 aromatic rings. The van der Waals surface area contributed by atoms with Crippen molar-refractivity contribution in [2.75, 3.05) is 5.32 Å². The molecule has 0 aliphatic carbocycles. The summed E-state index contributed by atoms with van der Waals surface area (Å²) < 4.78 is 19.1. The zero-order valence-corrected chi connectivity index (χ0v) is 15.2. The molecule has 1 N–H and O–H groups in total. The van der Waals surface area contributed by atoms with Crippen LogP contribution >= 0.6 is 0 Å². The molecule has 3 aromatic carbocycles. The van der Waals surface area contributed by atoms with Crippen LogP contribution in [0, 0.1) is 5.82 Å². The normalized spacial score (nSPS) is 10.4. The average molecular weight is 385 g/mol. The third-order valence-electron chi connectivity index (χ3n) is 4.09. The van der Waals surface area contributed by atoms with Gasteiger partial charge in [-0.15, -0.1) is 0 Å². The van der Waals surface area contributed by atoms with E-state index in [0.717, 1.165) is 5.75 Å². The first-order chi connectivity index (χ1) is 14.2. The molecule has 0 bridgehead atoms. The van der Waals surface area contributed by atoms with Gasteiger partial charge in [-0.25, -0.2) is 14.4 Å². The summed E-state index contributed by atoms with van der Waals surface area (Å²) in [5.74, 6) is 1.04. The van der Waals surface area contributed by atoms with E-state index in [9.17, 15) is 9.18 Å². The fourth-order valence-corrected chi connectivity index (χ4v) is 2.66. The van der Waals surface area contributed by atoms with Gasteiger partial charge in [0.1, 0.15) is 17.3 Å². The lowest BCUT2D eigenvalue weighted by molar-refractivity contribution is 0.102. The van der Waals surface area contributed by atoms with Gasteiger partial charge in [-0.3, -0.25) is 4.79 Å². The first kappa shape index (κ1) is 18.3. The van der Waals surface area contributed by atoms with Gasteiger partial charge in [-0.2, -0.15) is 0 Å². The third kappa shape index (κ3) is 4.62. The van der Waals surface area contributed by atoms with E-state index >= 15 is 0 Å².